The molecule has 3 rings (SSSR count). The maximum atomic E-state index is 12.1. The molecular formula is C17H24N4O3. The lowest BCUT2D eigenvalue weighted by molar-refractivity contribution is 0.0210. The van der Waals surface area contributed by atoms with Crippen molar-refractivity contribution in [2.75, 3.05) is 18.4 Å². The molecule has 0 bridgehead atoms. The van der Waals surface area contributed by atoms with Gasteiger partial charge >= 0.3 is 6.09 Å². The smallest absolute Gasteiger partial charge is 0.410 e. The van der Waals surface area contributed by atoms with E-state index in [2.05, 4.69) is 15.6 Å². The van der Waals surface area contributed by atoms with Gasteiger partial charge in [0.05, 0.1) is 17.8 Å². The number of ether oxygens (including phenoxy) is 1. The van der Waals surface area contributed by atoms with E-state index in [4.69, 9.17) is 4.74 Å². The Balaban J connectivity index is 1.53. The van der Waals surface area contributed by atoms with Crippen molar-refractivity contribution in [2.24, 2.45) is 0 Å². The zero-order valence-corrected chi connectivity index (χ0v) is 14.4. The van der Waals surface area contributed by atoms with Gasteiger partial charge in [-0.05, 0) is 45.7 Å². The summed E-state index contributed by atoms with van der Waals surface area (Å²) in [7, 11) is 0. The van der Waals surface area contributed by atoms with E-state index in [1.54, 1.807) is 4.90 Å². The topological polar surface area (TPSA) is 83.6 Å². The van der Waals surface area contributed by atoms with Gasteiger partial charge in [-0.15, -0.1) is 0 Å². The fourth-order valence-electron chi connectivity index (χ4n) is 2.92. The maximum Gasteiger partial charge on any atom is 0.410 e. The first-order chi connectivity index (χ1) is 11.3. The third-order valence-electron chi connectivity index (χ3n) is 4.13. The molecule has 0 radical (unpaired) electrons. The third-order valence-corrected chi connectivity index (χ3v) is 4.13. The highest BCUT2D eigenvalue weighted by molar-refractivity contribution is 5.97. The number of likely N-dealkylation sites (tertiary alicyclic amines) is 1. The second-order valence-electron chi connectivity index (χ2n) is 7.26. The van der Waals surface area contributed by atoms with Crippen molar-refractivity contribution in [3.05, 3.63) is 23.4 Å². The monoisotopic (exact) mass is 332 g/mol. The molecule has 24 heavy (non-hydrogen) atoms. The Hall–Kier alpha value is -2.31. The molecule has 2 aliphatic rings. The zero-order valence-electron chi connectivity index (χ0n) is 14.4. The average molecular weight is 332 g/mol. The first kappa shape index (κ1) is 16.5. The Morgan fingerprint density at radius 3 is 2.71 bits per heavy atom. The number of pyridine rings is 1. The summed E-state index contributed by atoms with van der Waals surface area (Å²) in [4.78, 5) is 29.9. The molecule has 1 aromatic rings. The van der Waals surface area contributed by atoms with Gasteiger partial charge in [0.25, 0.3) is 5.91 Å². The van der Waals surface area contributed by atoms with Crippen LogP contribution in [0.1, 0.15) is 49.7 Å². The number of hydrogen-bond donors (Lipinski definition) is 2. The molecule has 0 aliphatic carbocycles. The van der Waals surface area contributed by atoms with E-state index >= 15 is 0 Å². The second kappa shape index (κ2) is 6.30. The summed E-state index contributed by atoms with van der Waals surface area (Å²) in [6.07, 6.45) is 1.44. The second-order valence-corrected chi connectivity index (χ2v) is 7.26. The Morgan fingerprint density at radius 1 is 1.33 bits per heavy atom. The Morgan fingerprint density at radius 2 is 2.04 bits per heavy atom. The van der Waals surface area contributed by atoms with Crippen LogP contribution in [-0.2, 0) is 11.3 Å². The molecule has 0 aromatic carbocycles. The van der Waals surface area contributed by atoms with Crippen LogP contribution in [0, 0.1) is 0 Å². The maximum absolute atomic E-state index is 12.1. The van der Waals surface area contributed by atoms with Crippen molar-refractivity contribution < 1.29 is 14.3 Å². The number of hydrogen-bond acceptors (Lipinski definition) is 5. The number of anilines is 1. The quantitative estimate of drug-likeness (QED) is 0.867. The van der Waals surface area contributed by atoms with Gasteiger partial charge in [0.2, 0.25) is 0 Å². The van der Waals surface area contributed by atoms with Crippen LogP contribution in [0.15, 0.2) is 12.1 Å². The molecule has 1 fully saturated rings. The number of carbonyl (C=O) groups excluding carboxylic acids is 2. The van der Waals surface area contributed by atoms with Crippen LogP contribution in [0.4, 0.5) is 10.6 Å². The summed E-state index contributed by atoms with van der Waals surface area (Å²) in [6, 6.07) is 3.91. The zero-order chi connectivity index (χ0) is 17.3. The van der Waals surface area contributed by atoms with Gasteiger partial charge in [0.1, 0.15) is 11.4 Å². The van der Waals surface area contributed by atoms with Gasteiger partial charge in [-0.2, -0.15) is 0 Å². The molecular weight excluding hydrogens is 308 g/mol. The fraction of sp³-hybridized carbons (Fsp3) is 0.588. The van der Waals surface area contributed by atoms with Crippen molar-refractivity contribution in [3.63, 3.8) is 0 Å². The highest BCUT2D eigenvalue weighted by atomic mass is 16.6. The molecule has 130 valence electrons. The number of piperidine rings is 1. The highest BCUT2D eigenvalue weighted by Gasteiger charge is 2.27. The van der Waals surface area contributed by atoms with Gasteiger partial charge < -0.3 is 20.3 Å². The van der Waals surface area contributed by atoms with Crippen molar-refractivity contribution in [1.29, 1.82) is 0 Å². The molecule has 2 amide bonds. The highest BCUT2D eigenvalue weighted by Crippen LogP contribution is 2.20. The Bertz CT molecular complexity index is 646. The van der Waals surface area contributed by atoms with Crippen LogP contribution in [0.5, 0.6) is 0 Å². The first-order valence-corrected chi connectivity index (χ1v) is 8.34. The molecule has 0 unspecified atom stereocenters. The fourth-order valence-corrected chi connectivity index (χ4v) is 2.92. The van der Waals surface area contributed by atoms with Crippen molar-refractivity contribution in [1.82, 2.24) is 15.2 Å². The minimum Gasteiger partial charge on any atom is -0.444 e. The lowest BCUT2D eigenvalue weighted by Crippen LogP contribution is -2.44. The third kappa shape index (κ3) is 3.77. The van der Waals surface area contributed by atoms with E-state index in [0.29, 0.717) is 25.2 Å². The minimum absolute atomic E-state index is 0.0604. The summed E-state index contributed by atoms with van der Waals surface area (Å²) in [6.45, 7) is 7.44. The largest absolute Gasteiger partial charge is 0.444 e. The number of nitrogens with one attached hydrogen (secondary N) is 2. The summed E-state index contributed by atoms with van der Waals surface area (Å²) in [5.74, 6) is 0.718. The number of rotatable bonds is 2. The van der Waals surface area contributed by atoms with E-state index in [-0.39, 0.29) is 18.0 Å². The van der Waals surface area contributed by atoms with E-state index in [1.807, 2.05) is 32.9 Å². The summed E-state index contributed by atoms with van der Waals surface area (Å²) < 4.78 is 5.41. The average Bonchev–Trinajstić information content (AvgIpc) is 2.87. The molecule has 0 spiro atoms. The predicted molar refractivity (Wildman–Crippen MR) is 89.9 cm³/mol. The molecule has 3 heterocycles. The normalized spacial score (nSPS) is 18.1. The molecule has 2 aliphatic heterocycles. The lowest BCUT2D eigenvalue weighted by atomic mass is 10.1. The molecule has 2 N–H and O–H groups in total. The van der Waals surface area contributed by atoms with Gasteiger partial charge in [-0.3, -0.25) is 4.79 Å². The van der Waals surface area contributed by atoms with Gasteiger partial charge in [-0.25, -0.2) is 9.78 Å². The number of aromatic nitrogens is 1. The van der Waals surface area contributed by atoms with Gasteiger partial charge in [0, 0.05) is 19.1 Å². The molecule has 1 aromatic heterocycles. The standard InChI is InChI=1S/C17H24N4O3/c1-17(2,3)24-16(23)21-8-6-11(7-9-21)19-14-5-4-12-13(20-14)10-18-15(12)22/h4-5,11H,6-10H2,1-3H3,(H,18,22)(H,19,20). The number of amides is 2. The van der Waals surface area contributed by atoms with Crippen LogP contribution < -0.4 is 10.6 Å². The van der Waals surface area contributed by atoms with E-state index < -0.39 is 5.60 Å². The summed E-state index contributed by atoms with van der Waals surface area (Å²) in [5, 5.41) is 6.17. The Kier molecular flexibility index (Phi) is 4.34. The molecule has 1 saturated heterocycles. The summed E-state index contributed by atoms with van der Waals surface area (Å²) >= 11 is 0. The van der Waals surface area contributed by atoms with Gasteiger partial charge in [0.15, 0.2) is 0 Å². The van der Waals surface area contributed by atoms with Crippen LogP contribution in [-0.4, -0.2) is 46.6 Å². The van der Waals surface area contributed by atoms with Crippen LogP contribution in [0.2, 0.25) is 0 Å². The van der Waals surface area contributed by atoms with Crippen LogP contribution in [0.25, 0.3) is 0 Å². The molecule has 0 saturated carbocycles. The number of fused-ring (bicyclic) bond motifs is 1. The van der Waals surface area contributed by atoms with E-state index in [0.717, 1.165) is 24.4 Å². The molecule has 0 atom stereocenters. The first-order valence-electron chi connectivity index (χ1n) is 8.34. The van der Waals surface area contributed by atoms with E-state index in [1.165, 1.54) is 0 Å². The predicted octanol–water partition coefficient (Wildman–Crippen LogP) is 2.14. The number of carbonyl (C=O) groups is 2. The van der Waals surface area contributed by atoms with Crippen molar-refractivity contribution in [2.45, 2.75) is 51.8 Å². The Labute approximate surface area is 141 Å². The van der Waals surface area contributed by atoms with Crippen molar-refractivity contribution in [3.8, 4) is 0 Å². The van der Waals surface area contributed by atoms with Crippen molar-refractivity contribution >= 4 is 17.8 Å². The summed E-state index contributed by atoms with van der Waals surface area (Å²) in [5.41, 5.74) is 0.975. The van der Waals surface area contributed by atoms with Crippen LogP contribution >= 0.6 is 0 Å². The van der Waals surface area contributed by atoms with Crippen LogP contribution in [0.3, 0.4) is 0 Å². The molecule has 7 heteroatoms. The SMILES string of the molecule is CC(C)(C)OC(=O)N1CCC(Nc2ccc3c(n2)CNC3=O)CC1. The van der Waals surface area contributed by atoms with E-state index in [9.17, 15) is 9.59 Å². The van der Waals surface area contributed by atoms with Gasteiger partial charge in [-0.1, -0.05) is 0 Å². The number of nitrogens with zero attached hydrogens (tertiary/aromatic N) is 2. The minimum atomic E-state index is -0.466. The molecule has 7 nitrogen and oxygen atoms in total. The lowest BCUT2D eigenvalue weighted by Gasteiger charge is -2.33.